The second-order valence-corrected chi connectivity index (χ2v) is 8.66. The first kappa shape index (κ1) is 19.7. The zero-order chi connectivity index (χ0) is 18.7. The van der Waals surface area contributed by atoms with Crippen LogP contribution in [0.4, 0.5) is 17.6 Å². The molecule has 2 fully saturated rings. The van der Waals surface area contributed by atoms with Gasteiger partial charge >= 0.3 is 6.18 Å². The average molecular weight is 370 g/mol. The van der Waals surface area contributed by atoms with Crippen molar-refractivity contribution in [3.05, 3.63) is 35.1 Å². The Morgan fingerprint density at radius 3 is 1.88 bits per heavy atom. The molecule has 0 bridgehead atoms. The molecule has 1 aromatic rings. The summed E-state index contributed by atoms with van der Waals surface area (Å²) in [5.74, 6) is 1.60. The lowest BCUT2D eigenvalue weighted by molar-refractivity contribution is -0.140. The Balaban J connectivity index is 1.47. The molecule has 146 valence electrons. The maximum Gasteiger partial charge on any atom is 0.419 e. The van der Waals surface area contributed by atoms with E-state index >= 15 is 0 Å². The van der Waals surface area contributed by atoms with Gasteiger partial charge in [0.1, 0.15) is 5.82 Å². The molecule has 0 amide bonds. The van der Waals surface area contributed by atoms with E-state index in [1.165, 1.54) is 44.6 Å². The molecule has 3 rings (SSSR count). The monoisotopic (exact) mass is 370 g/mol. The van der Waals surface area contributed by atoms with Crippen LogP contribution in [0.25, 0.3) is 0 Å². The second-order valence-electron chi connectivity index (χ2n) is 8.66. The largest absolute Gasteiger partial charge is 0.419 e. The maximum absolute atomic E-state index is 13.8. The van der Waals surface area contributed by atoms with Crippen LogP contribution in [0, 0.1) is 23.6 Å². The maximum atomic E-state index is 13.8. The van der Waals surface area contributed by atoms with Crippen LogP contribution in [0.5, 0.6) is 0 Å². The lowest BCUT2D eigenvalue weighted by atomic mass is 9.74. The minimum Gasteiger partial charge on any atom is -0.206 e. The highest BCUT2D eigenvalue weighted by Gasteiger charge is 2.34. The van der Waals surface area contributed by atoms with Crippen LogP contribution >= 0.6 is 0 Å². The molecule has 0 spiro atoms. The molecule has 0 N–H and O–H groups in total. The molecule has 1 aromatic carbocycles. The molecule has 0 aliphatic heterocycles. The number of hydrogen-bond donors (Lipinski definition) is 0. The second kappa shape index (κ2) is 8.31. The van der Waals surface area contributed by atoms with E-state index in [1.807, 2.05) is 0 Å². The van der Waals surface area contributed by atoms with E-state index in [9.17, 15) is 17.6 Å². The fraction of sp³-hybridized carbons (Fsp3) is 0.727. The fourth-order valence-electron chi connectivity index (χ4n) is 4.89. The van der Waals surface area contributed by atoms with Gasteiger partial charge in [-0.1, -0.05) is 51.5 Å². The lowest BCUT2D eigenvalue weighted by Gasteiger charge is -2.31. The Bertz CT molecular complexity index is 576. The van der Waals surface area contributed by atoms with Gasteiger partial charge in [0.2, 0.25) is 0 Å². The van der Waals surface area contributed by atoms with Gasteiger partial charge in [-0.05, 0) is 67.1 Å². The van der Waals surface area contributed by atoms with E-state index in [4.69, 9.17) is 0 Å². The summed E-state index contributed by atoms with van der Waals surface area (Å²) in [6, 6.07) is 3.48. The van der Waals surface area contributed by atoms with Crippen molar-refractivity contribution in [2.24, 2.45) is 17.8 Å². The van der Waals surface area contributed by atoms with Gasteiger partial charge in [0.15, 0.2) is 0 Å². The van der Waals surface area contributed by atoms with Crippen molar-refractivity contribution in [3.63, 3.8) is 0 Å². The van der Waals surface area contributed by atoms with Crippen molar-refractivity contribution in [1.29, 1.82) is 0 Å². The van der Waals surface area contributed by atoms with Crippen LogP contribution in [-0.2, 0) is 6.18 Å². The van der Waals surface area contributed by atoms with E-state index in [0.29, 0.717) is 0 Å². The van der Waals surface area contributed by atoms with Crippen LogP contribution in [0.15, 0.2) is 18.2 Å². The third-order valence-corrected chi connectivity index (χ3v) is 6.74. The standard InChI is InChI=1S/C22H30F4/c1-15-2-4-16(5-3-15)6-7-17-8-10-18(11-9-17)19-12-13-20(21(23)14-19)22(24,25)26/h12-18H,2-11H2,1H3. The smallest absolute Gasteiger partial charge is 0.206 e. The van der Waals surface area contributed by atoms with E-state index in [1.54, 1.807) is 0 Å². The van der Waals surface area contributed by atoms with Crippen molar-refractivity contribution in [2.75, 3.05) is 0 Å². The number of rotatable bonds is 4. The van der Waals surface area contributed by atoms with Gasteiger partial charge in [0.25, 0.3) is 0 Å². The normalized spacial score (nSPS) is 30.3. The molecule has 0 atom stereocenters. The summed E-state index contributed by atoms with van der Waals surface area (Å²) in [4.78, 5) is 0. The summed E-state index contributed by atoms with van der Waals surface area (Å²) < 4.78 is 51.9. The molecule has 0 aromatic heterocycles. The van der Waals surface area contributed by atoms with Crippen LogP contribution in [0.2, 0.25) is 0 Å². The third kappa shape index (κ3) is 5.01. The van der Waals surface area contributed by atoms with Gasteiger partial charge in [0, 0.05) is 0 Å². The van der Waals surface area contributed by atoms with Gasteiger partial charge in [0.05, 0.1) is 5.56 Å². The lowest BCUT2D eigenvalue weighted by Crippen LogP contribution is -2.17. The molecule has 2 saturated carbocycles. The Hall–Kier alpha value is -1.06. The van der Waals surface area contributed by atoms with Crippen molar-refractivity contribution >= 4 is 0 Å². The first-order chi connectivity index (χ1) is 12.3. The van der Waals surface area contributed by atoms with Crippen LogP contribution < -0.4 is 0 Å². The molecule has 2 aliphatic rings. The van der Waals surface area contributed by atoms with Crippen LogP contribution in [-0.4, -0.2) is 0 Å². The topological polar surface area (TPSA) is 0 Å². The molecule has 0 unspecified atom stereocenters. The summed E-state index contributed by atoms with van der Waals surface area (Å²) in [5, 5.41) is 0. The quantitative estimate of drug-likeness (QED) is 0.476. The molecule has 26 heavy (non-hydrogen) atoms. The molecule has 0 saturated heterocycles. The van der Waals surface area contributed by atoms with E-state index in [-0.39, 0.29) is 5.92 Å². The summed E-state index contributed by atoms with van der Waals surface area (Å²) in [6.07, 6.45) is 7.68. The third-order valence-electron chi connectivity index (χ3n) is 6.74. The molecule has 2 aliphatic carbocycles. The Morgan fingerprint density at radius 1 is 0.846 bits per heavy atom. The first-order valence-electron chi connectivity index (χ1n) is 10.2. The minimum atomic E-state index is -4.61. The van der Waals surface area contributed by atoms with Crippen molar-refractivity contribution in [3.8, 4) is 0 Å². The summed E-state index contributed by atoms with van der Waals surface area (Å²) in [7, 11) is 0. The van der Waals surface area contributed by atoms with Gasteiger partial charge in [-0.2, -0.15) is 13.2 Å². The fourth-order valence-corrected chi connectivity index (χ4v) is 4.89. The summed E-state index contributed by atoms with van der Waals surface area (Å²) >= 11 is 0. The van der Waals surface area contributed by atoms with E-state index < -0.39 is 17.6 Å². The number of alkyl halides is 3. The zero-order valence-corrected chi connectivity index (χ0v) is 15.6. The minimum absolute atomic E-state index is 0.207. The summed E-state index contributed by atoms with van der Waals surface area (Å²) in [6.45, 7) is 2.35. The molecule has 0 radical (unpaired) electrons. The molecule has 0 heterocycles. The molecule has 0 nitrogen and oxygen atoms in total. The Labute approximate surface area is 154 Å². The van der Waals surface area contributed by atoms with Crippen LogP contribution in [0.1, 0.15) is 88.2 Å². The van der Waals surface area contributed by atoms with E-state index in [2.05, 4.69) is 6.92 Å². The molecular weight excluding hydrogens is 340 g/mol. The van der Waals surface area contributed by atoms with Crippen molar-refractivity contribution in [2.45, 2.75) is 83.2 Å². The van der Waals surface area contributed by atoms with Crippen molar-refractivity contribution in [1.82, 2.24) is 0 Å². The number of benzene rings is 1. The van der Waals surface area contributed by atoms with Gasteiger partial charge in [-0.15, -0.1) is 0 Å². The average Bonchev–Trinajstić information content (AvgIpc) is 2.60. The highest BCUT2D eigenvalue weighted by atomic mass is 19.4. The highest BCUT2D eigenvalue weighted by molar-refractivity contribution is 5.29. The molecule has 4 heteroatoms. The predicted octanol–water partition coefficient (Wildman–Crippen LogP) is 7.72. The Morgan fingerprint density at radius 2 is 1.38 bits per heavy atom. The van der Waals surface area contributed by atoms with Gasteiger partial charge in [-0.3, -0.25) is 0 Å². The van der Waals surface area contributed by atoms with E-state index in [0.717, 1.165) is 61.1 Å². The van der Waals surface area contributed by atoms with Crippen molar-refractivity contribution < 1.29 is 17.6 Å². The van der Waals surface area contributed by atoms with Gasteiger partial charge in [-0.25, -0.2) is 4.39 Å². The predicted molar refractivity (Wildman–Crippen MR) is 96.5 cm³/mol. The van der Waals surface area contributed by atoms with Crippen LogP contribution in [0.3, 0.4) is 0 Å². The highest BCUT2D eigenvalue weighted by Crippen LogP contribution is 2.41. The van der Waals surface area contributed by atoms with Gasteiger partial charge < -0.3 is 0 Å². The zero-order valence-electron chi connectivity index (χ0n) is 15.6. The SMILES string of the molecule is CC1CCC(CCC2CCC(c3ccc(C(F)(F)F)c(F)c3)CC2)CC1. The summed E-state index contributed by atoms with van der Waals surface area (Å²) in [5.41, 5.74) is -0.424. The first-order valence-corrected chi connectivity index (χ1v) is 10.2. The molecular formula is C22H30F4. The number of halogens is 4. The Kier molecular flexibility index (Phi) is 6.29. The number of hydrogen-bond acceptors (Lipinski definition) is 0.